The average molecular weight is 370 g/mol. The molecule has 0 aliphatic rings. The van der Waals surface area contributed by atoms with Crippen LogP contribution in [-0.2, 0) is 0 Å². The van der Waals surface area contributed by atoms with Gasteiger partial charge in [-0.3, -0.25) is 0 Å². The van der Waals surface area contributed by atoms with Crippen LogP contribution in [0.5, 0.6) is 11.5 Å². The Balaban J connectivity index is 2.73. The summed E-state index contributed by atoms with van der Waals surface area (Å²) in [6.07, 6.45) is -4.70. The monoisotopic (exact) mass is 369 g/mol. The van der Waals surface area contributed by atoms with Crippen molar-refractivity contribution in [1.82, 2.24) is 0 Å². The van der Waals surface area contributed by atoms with Gasteiger partial charge in [-0.2, -0.15) is 0 Å². The largest absolute Gasteiger partial charge is 0.573 e. The van der Waals surface area contributed by atoms with Gasteiger partial charge < -0.3 is 9.47 Å². The number of alkyl halides is 3. The van der Waals surface area contributed by atoms with Gasteiger partial charge in [0.2, 0.25) is 0 Å². The van der Waals surface area contributed by atoms with Crippen molar-refractivity contribution < 1.29 is 22.6 Å². The minimum absolute atomic E-state index is 0.0816. The van der Waals surface area contributed by atoms with Gasteiger partial charge in [-0.15, -0.1) is 13.2 Å². The van der Waals surface area contributed by atoms with E-state index in [1.54, 1.807) is 0 Å². The van der Waals surface area contributed by atoms with E-state index in [9.17, 15) is 13.2 Å². The Bertz CT molecular complexity index is 461. The molecule has 0 aliphatic heterocycles. The van der Waals surface area contributed by atoms with Crippen LogP contribution in [0.1, 0.15) is 13.8 Å². The SMILES string of the molecule is C[Si](C)C(C)(C)COc1ccc(OC(F)(F)F)c(Br)c1. The quantitative estimate of drug-likeness (QED) is 0.658. The summed E-state index contributed by atoms with van der Waals surface area (Å²) < 4.78 is 46.2. The van der Waals surface area contributed by atoms with Gasteiger partial charge in [0.15, 0.2) is 0 Å². The van der Waals surface area contributed by atoms with Crippen LogP contribution in [-0.4, -0.2) is 21.8 Å². The lowest BCUT2D eigenvalue weighted by atomic mass is 10.2. The van der Waals surface area contributed by atoms with Crippen LogP contribution >= 0.6 is 15.9 Å². The van der Waals surface area contributed by atoms with E-state index in [-0.39, 0.29) is 15.3 Å². The Morgan fingerprint density at radius 1 is 1.20 bits per heavy atom. The molecule has 0 aromatic heterocycles. The Morgan fingerprint density at radius 3 is 2.25 bits per heavy atom. The van der Waals surface area contributed by atoms with Crippen molar-refractivity contribution in [3.8, 4) is 11.5 Å². The molecule has 1 aromatic rings. The second-order valence-electron chi connectivity index (χ2n) is 5.31. The van der Waals surface area contributed by atoms with Crippen LogP contribution in [0, 0.1) is 0 Å². The normalized spacial score (nSPS) is 12.7. The molecule has 0 fully saturated rings. The second kappa shape index (κ2) is 6.38. The summed E-state index contributed by atoms with van der Waals surface area (Å²) in [4.78, 5) is 0. The summed E-state index contributed by atoms with van der Waals surface area (Å²) >= 11 is 3.05. The fourth-order valence-electron chi connectivity index (χ4n) is 1.19. The maximum absolute atomic E-state index is 12.1. The zero-order chi connectivity index (χ0) is 15.6. The minimum Gasteiger partial charge on any atom is -0.493 e. The molecule has 0 atom stereocenters. The average Bonchev–Trinajstić information content (AvgIpc) is 2.28. The van der Waals surface area contributed by atoms with Gasteiger partial charge in [-0.1, -0.05) is 26.9 Å². The van der Waals surface area contributed by atoms with E-state index < -0.39 is 15.2 Å². The first-order chi connectivity index (χ1) is 9.01. The van der Waals surface area contributed by atoms with E-state index in [2.05, 4.69) is 47.6 Å². The lowest BCUT2D eigenvalue weighted by molar-refractivity contribution is -0.274. The van der Waals surface area contributed by atoms with Crippen molar-refractivity contribution >= 4 is 24.7 Å². The molecule has 0 heterocycles. The van der Waals surface area contributed by atoms with Gasteiger partial charge in [0.1, 0.15) is 11.5 Å². The smallest absolute Gasteiger partial charge is 0.493 e. The molecule has 0 saturated carbocycles. The number of rotatable bonds is 5. The molecule has 0 spiro atoms. The Labute approximate surface area is 127 Å². The van der Waals surface area contributed by atoms with Crippen molar-refractivity contribution in [1.29, 1.82) is 0 Å². The maximum Gasteiger partial charge on any atom is 0.573 e. The predicted octanol–water partition coefficient (Wildman–Crippen LogP) is 5.26. The Kier molecular flexibility index (Phi) is 5.54. The molecular formula is C13H17BrF3O2Si. The van der Waals surface area contributed by atoms with Crippen LogP contribution in [0.15, 0.2) is 22.7 Å². The van der Waals surface area contributed by atoms with Crippen LogP contribution in [0.25, 0.3) is 0 Å². The predicted molar refractivity (Wildman–Crippen MR) is 77.8 cm³/mol. The fraction of sp³-hybridized carbons (Fsp3) is 0.538. The second-order valence-corrected chi connectivity index (χ2v) is 9.52. The molecule has 0 N–H and O–H groups in total. The van der Waals surface area contributed by atoms with Gasteiger partial charge in [0.25, 0.3) is 0 Å². The topological polar surface area (TPSA) is 18.5 Å². The van der Waals surface area contributed by atoms with Crippen molar-refractivity contribution in [3.63, 3.8) is 0 Å². The molecule has 0 bridgehead atoms. The van der Waals surface area contributed by atoms with Gasteiger partial charge >= 0.3 is 6.36 Å². The highest BCUT2D eigenvalue weighted by atomic mass is 79.9. The highest BCUT2D eigenvalue weighted by molar-refractivity contribution is 9.10. The summed E-state index contributed by atoms with van der Waals surface area (Å²) in [6, 6.07) is 4.19. The van der Waals surface area contributed by atoms with Crippen LogP contribution in [0.4, 0.5) is 13.2 Å². The van der Waals surface area contributed by atoms with Gasteiger partial charge in [0, 0.05) is 0 Å². The van der Waals surface area contributed by atoms with Crippen molar-refractivity contribution in [2.75, 3.05) is 6.61 Å². The lowest BCUT2D eigenvalue weighted by Crippen LogP contribution is -2.27. The first-order valence-electron chi connectivity index (χ1n) is 6.00. The number of hydrogen-bond acceptors (Lipinski definition) is 2. The first kappa shape index (κ1) is 17.4. The number of halogens is 4. The Hall–Kier alpha value is -0.693. The van der Waals surface area contributed by atoms with E-state index in [1.807, 2.05) is 0 Å². The van der Waals surface area contributed by atoms with E-state index in [1.165, 1.54) is 18.2 Å². The third-order valence-electron chi connectivity index (χ3n) is 3.08. The van der Waals surface area contributed by atoms with E-state index in [4.69, 9.17) is 4.74 Å². The maximum atomic E-state index is 12.1. The molecular weight excluding hydrogens is 353 g/mol. The Morgan fingerprint density at radius 2 is 1.80 bits per heavy atom. The summed E-state index contributed by atoms with van der Waals surface area (Å²) in [5.41, 5.74) is 0. The van der Waals surface area contributed by atoms with Crippen molar-refractivity contribution in [2.45, 2.75) is 38.3 Å². The highest BCUT2D eigenvalue weighted by Gasteiger charge is 2.32. The zero-order valence-electron chi connectivity index (χ0n) is 11.8. The fourth-order valence-corrected chi connectivity index (χ4v) is 1.99. The molecule has 0 amide bonds. The molecule has 113 valence electrons. The summed E-state index contributed by atoms with van der Waals surface area (Å²) in [5.74, 6) is 0.238. The van der Waals surface area contributed by atoms with Crippen LogP contribution < -0.4 is 9.47 Å². The standard InChI is InChI=1S/C13H17BrF3O2Si/c1-12(2,20(3)4)8-18-9-5-6-11(10(14)7-9)19-13(15,16)17/h5-7H,8H2,1-4H3. The lowest BCUT2D eigenvalue weighted by Gasteiger charge is -2.28. The number of benzene rings is 1. The van der Waals surface area contributed by atoms with Crippen molar-refractivity contribution in [2.24, 2.45) is 0 Å². The molecule has 0 aliphatic carbocycles. The molecule has 1 aromatic carbocycles. The van der Waals surface area contributed by atoms with E-state index in [0.717, 1.165) is 0 Å². The molecule has 20 heavy (non-hydrogen) atoms. The first-order valence-corrected chi connectivity index (χ1v) is 9.29. The van der Waals surface area contributed by atoms with Crippen molar-refractivity contribution in [3.05, 3.63) is 22.7 Å². The van der Waals surface area contributed by atoms with Crippen LogP contribution in [0.2, 0.25) is 18.1 Å². The molecule has 1 radical (unpaired) electrons. The van der Waals surface area contributed by atoms with Gasteiger partial charge in [-0.25, -0.2) is 0 Å². The van der Waals surface area contributed by atoms with Crippen LogP contribution in [0.3, 0.4) is 0 Å². The van der Waals surface area contributed by atoms with E-state index in [0.29, 0.717) is 12.4 Å². The molecule has 2 nitrogen and oxygen atoms in total. The molecule has 1 rings (SSSR count). The summed E-state index contributed by atoms with van der Waals surface area (Å²) in [5, 5.41) is 0.0816. The number of hydrogen-bond donors (Lipinski definition) is 0. The molecule has 0 unspecified atom stereocenters. The third kappa shape index (κ3) is 5.36. The minimum atomic E-state index is -4.70. The summed E-state index contributed by atoms with van der Waals surface area (Å²) in [7, 11) is -0.532. The highest BCUT2D eigenvalue weighted by Crippen LogP contribution is 2.35. The summed E-state index contributed by atoms with van der Waals surface area (Å²) in [6.45, 7) is 9.17. The molecule has 7 heteroatoms. The number of ether oxygens (including phenoxy) is 2. The van der Waals surface area contributed by atoms with Gasteiger partial charge in [0.05, 0.1) is 19.9 Å². The van der Waals surface area contributed by atoms with E-state index >= 15 is 0 Å². The third-order valence-corrected chi connectivity index (χ3v) is 6.55. The molecule has 0 saturated heterocycles. The van der Waals surface area contributed by atoms with Gasteiger partial charge in [-0.05, 0) is 39.2 Å². The zero-order valence-corrected chi connectivity index (χ0v) is 14.4.